The summed E-state index contributed by atoms with van der Waals surface area (Å²) in [7, 11) is -1.84. The quantitative estimate of drug-likeness (QED) is 0.635. The van der Waals surface area contributed by atoms with E-state index in [2.05, 4.69) is 15.4 Å². The van der Waals surface area contributed by atoms with Crippen LogP contribution in [-0.4, -0.2) is 41.1 Å². The molecule has 1 aliphatic heterocycles. The first-order chi connectivity index (χ1) is 9.03. The molecule has 0 spiro atoms. The van der Waals surface area contributed by atoms with Gasteiger partial charge in [0.2, 0.25) is 10.0 Å². The average molecular weight is 285 g/mol. The largest absolute Gasteiger partial charge is 0.482 e. The Morgan fingerprint density at radius 3 is 2.89 bits per heavy atom. The summed E-state index contributed by atoms with van der Waals surface area (Å²) in [5.41, 5.74) is 0.368. The fourth-order valence-corrected chi connectivity index (χ4v) is 2.68. The van der Waals surface area contributed by atoms with Crippen molar-refractivity contribution in [3.8, 4) is 5.75 Å². The fourth-order valence-electron chi connectivity index (χ4n) is 1.62. The van der Waals surface area contributed by atoms with E-state index in [1.54, 1.807) is 7.05 Å². The van der Waals surface area contributed by atoms with Gasteiger partial charge in [-0.25, -0.2) is 13.1 Å². The van der Waals surface area contributed by atoms with Crippen LogP contribution in [0.3, 0.4) is 0 Å². The van der Waals surface area contributed by atoms with E-state index in [1.165, 1.54) is 18.2 Å². The molecular formula is C11H15N3O4S. The predicted octanol–water partition coefficient (Wildman–Crippen LogP) is -0.485. The van der Waals surface area contributed by atoms with Gasteiger partial charge < -0.3 is 15.4 Å². The third-order valence-electron chi connectivity index (χ3n) is 2.56. The van der Waals surface area contributed by atoms with E-state index in [4.69, 9.17) is 4.74 Å². The molecule has 8 heteroatoms. The first-order valence-corrected chi connectivity index (χ1v) is 7.22. The number of amides is 1. The zero-order valence-electron chi connectivity index (χ0n) is 10.4. The van der Waals surface area contributed by atoms with Crippen LogP contribution in [0.5, 0.6) is 5.75 Å². The van der Waals surface area contributed by atoms with Gasteiger partial charge in [0.25, 0.3) is 5.91 Å². The highest BCUT2D eigenvalue weighted by atomic mass is 32.2. The summed E-state index contributed by atoms with van der Waals surface area (Å²) in [6, 6.07) is 4.35. The summed E-state index contributed by atoms with van der Waals surface area (Å²) < 4.78 is 31.6. The molecule has 0 bridgehead atoms. The normalized spacial score (nSPS) is 14.5. The molecule has 104 valence electrons. The van der Waals surface area contributed by atoms with E-state index in [-0.39, 0.29) is 17.4 Å². The van der Waals surface area contributed by atoms with Crippen molar-refractivity contribution in [3.63, 3.8) is 0 Å². The van der Waals surface area contributed by atoms with E-state index in [1.807, 2.05) is 0 Å². The SMILES string of the molecule is CNCCNS(=O)(=O)c1ccc2c(c1)NC(=O)CO2. The van der Waals surface area contributed by atoms with Crippen LogP contribution < -0.4 is 20.1 Å². The van der Waals surface area contributed by atoms with Crippen molar-refractivity contribution < 1.29 is 17.9 Å². The molecule has 3 N–H and O–H groups in total. The molecule has 0 aromatic heterocycles. The lowest BCUT2D eigenvalue weighted by Crippen LogP contribution is -2.31. The first kappa shape index (κ1) is 13.8. The smallest absolute Gasteiger partial charge is 0.262 e. The molecule has 1 aromatic rings. The van der Waals surface area contributed by atoms with Crippen molar-refractivity contribution in [1.82, 2.24) is 10.0 Å². The molecule has 0 saturated heterocycles. The van der Waals surface area contributed by atoms with Crippen LogP contribution in [-0.2, 0) is 14.8 Å². The third kappa shape index (κ3) is 3.22. The van der Waals surface area contributed by atoms with Gasteiger partial charge in [0.05, 0.1) is 10.6 Å². The number of sulfonamides is 1. The van der Waals surface area contributed by atoms with Gasteiger partial charge in [0.1, 0.15) is 5.75 Å². The standard InChI is InChI=1S/C11H15N3O4S/c1-12-4-5-13-19(16,17)8-2-3-10-9(6-8)14-11(15)7-18-10/h2-3,6,12-13H,4-5,7H2,1H3,(H,14,15). The zero-order valence-corrected chi connectivity index (χ0v) is 11.2. The van der Waals surface area contributed by atoms with Crippen LogP contribution in [0.1, 0.15) is 0 Å². The minimum Gasteiger partial charge on any atom is -0.482 e. The maximum atomic E-state index is 12.0. The molecule has 0 aliphatic carbocycles. The predicted molar refractivity (Wildman–Crippen MR) is 69.7 cm³/mol. The molecule has 19 heavy (non-hydrogen) atoms. The summed E-state index contributed by atoms with van der Waals surface area (Å²) in [6.07, 6.45) is 0. The molecule has 0 radical (unpaired) electrons. The fraction of sp³-hybridized carbons (Fsp3) is 0.364. The van der Waals surface area contributed by atoms with Gasteiger partial charge >= 0.3 is 0 Å². The van der Waals surface area contributed by atoms with Crippen LogP contribution in [0.2, 0.25) is 0 Å². The summed E-state index contributed by atoms with van der Waals surface area (Å²) in [4.78, 5) is 11.3. The van der Waals surface area contributed by atoms with Gasteiger partial charge in [-0.2, -0.15) is 0 Å². The number of hydrogen-bond donors (Lipinski definition) is 3. The number of rotatable bonds is 5. The minimum absolute atomic E-state index is 0.0560. The summed E-state index contributed by atoms with van der Waals surface area (Å²) in [6.45, 7) is 0.766. The van der Waals surface area contributed by atoms with Crippen LogP contribution >= 0.6 is 0 Å². The number of ether oxygens (including phenoxy) is 1. The Morgan fingerprint density at radius 2 is 2.16 bits per heavy atom. The number of carbonyl (C=O) groups is 1. The van der Waals surface area contributed by atoms with Crippen molar-refractivity contribution in [2.75, 3.05) is 32.1 Å². The number of benzene rings is 1. The number of carbonyl (C=O) groups excluding carboxylic acids is 1. The molecule has 0 fully saturated rings. The van der Waals surface area contributed by atoms with Gasteiger partial charge in [-0.05, 0) is 25.2 Å². The number of anilines is 1. The molecular weight excluding hydrogens is 270 g/mol. The van der Waals surface area contributed by atoms with E-state index in [0.717, 1.165) is 0 Å². The molecule has 1 amide bonds. The highest BCUT2D eigenvalue weighted by Crippen LogP contribution is 2.29. The summed E-state index contributed by atoms with van der Waals surface area (Å²) in [5, 5.41) is 5.41. The van der Waals surface area contributed by atoms with E-state index < -0.39 is 10.0 Å². The van der Waals surface area contributed by atoms with Crippen molar-refractivity contribution in [2.24, 2.45) is 0 Å². The van der Waals surface area contributed by atoms with Crippen molar-refractivity contribution in [1.29, 1.82) is 0 Å². The van der Waals surface area contributed by atoms with Crippen LogP contribution in [0.15, 0.2) is 23.1 Å². The molecule has 1 aliphatic rings. The number of likely N-dealkylation sites (N-methyl/N-ethyl adjacent to an activating group) is 1. The lowest BCUT2D eigenvalue weighted by Gasteiger charge is -2.18. The van der Waals surface area contributed by atoms with Gasteiger partial charge in [0, 0.05) is 13.1 Å². The van der Waals surface area contributed by atoms with Gasteiger partial charge in [-0.15, -0.1) is 0 Å². The van der Waals surface area contributed by atoms with Gasteiger partial charge in [0.15, 0.2) is 6.61 Å². The Kier molecular flexibility index (Phi) is 4.03. The van der Waals surface area contributed by atoms with Crippen LogP contribution in [0.4, 0.5) is 5.69 Å². The van der Waals surface area contributed by atoms with Crippen molar-refractivity contribution >= 4 is 21.6 Å². The summed E-state index contributed by atoms with van der Waals surface area (Å²) in [5.74, 6) is 0.166. The maximum Gasteiger partial charge on any atom is 0.262 e. The van der Waals surface area contributed by atoms with Gasteiger partial charge in [-0.1, -0.05) is 0 Å². The molecule has 0 unspecified atom stereocenters. The molecule has 0 atom stereocenters. The highest BCUT2D eigenvalue weighted by molar-refractivity contribution is 7.89. The zero-order chi connectivity index (χ0) is 13.9. The Balaban J connectivity index is 2.21. The highest BCUT2D eigenvalue weighted by Gasteiger charge is 2.20. The van der Waals surface area contributed by atoms with Crippen molar-refractivity contribution in [3.05, 3.63) is 18.2 Å². The molecule has 2 rings (SSSR count). The van der Waals surface area contributed by atoms with E-state index in [0.29, 0.717) is 24.5 Å². The lowest BCUT2D eigenvalue weighted by atomic mass is 10.2. The molecule has 7 nitrogen and oxygen atoms in total. The second kappa shape index (κ2) is 5.55. The second-order valence-corrected chi connectivity index (χ2v) is 5.76. The van der Waals surface area contributed by atoms with Crippen LogP contribution in [0.25, 0.3) is 0 Å². The molecule has 1 heterocycles. The maximum absolute atomic E-state index is 12.0. The van der Waals surface area contributed by atoms with E-state index >= 15 is 0 Å². The Bertz CT molecular complexity index is 586. The lowest BCUT2D eigenvalue weighted by molar-refractivity contribution is -0.118. The average Bonchev–Trinajstić information content (AvgIpc) is 2.38. The Hall–Kier alpha value is -1.64. The Morgan fingerprint density at radius 1 is 1.37 bits per heavy atom. The number of fused-ring (bicyclic) bond motifs is 1. The topological polar surface area (TPSA) is 96.5 Å². The number of nitrogens with one attached hydrogen (secondary N) is 3. The van der Waals surface area contributed by atoms with Gasteiger partial charge in [-0.3, -0.25) is 4.79 Å². The Labute approximate surface area is 111 Å². The molecule has 1 aromatic carbocycles. The van der Waals surface area contributed by atoms with Crippen LogP contribution in [0, 0.1) is 0 Å². The minimum atomic E-state index is -3.58. The first-order valence-electron chi connectivity index (χ1n) is 5.74. The monoisotopic (exact) mass is 285 g/mol. The summed E-state index contributed by atoms with van der Waals surface area (Å²) >= 11 is 0. The third-order valence-corrected chi connectivity index (χ3v) is 4.02. The molecule has 0 saturated carbocycles. The van der Waals surface area contributed by atoms with Crippen molar-refractivity contribution in [2.45, 2.75) is 4.90 Å². The van der Waals surface area contributed by atoms with E-state index in [9.17, 15) is 13.2 Å². The number of hydrogen-bond acceptors (Lipinski definition) is 5. The second-order valence-electron chi connectivity index (χ2n) is 4.00.